The first kappa shape index (κ1) is 14.6. The predicted molar refractivity (Wildman–Crippen MR) is 81.3 cm³/mol. The van der Waals surface area contributed by atoms with Crippen molar-refractivity contribution in [2.24, 2.45) is 0 Å². The van der Waals surface area contributed by atoms with E-state index in [-0.39, 0.29) is 5.91 Å². The Labute approximate surface area is 122 Å². The molecule has 0 aliphatic carbocycles. The highest BCUT2D eigenvalue weighted by molar-refractivity contribution is 6.08. The van der Waals surface area contributed by atoms with Gasteiger partial charge in [0, 0.05) is 11.3 Å². The van der Waals surface area contributed by atoms with Crippen molar-refractivity contribution in [3.63, 3.8) is 0 Å². The number of rotatable bonds is 3. The molecule has 0 radical (unpaired) electrons. The molecule has 0 atom stereocenters. The molecule has 21 heavy (non-hydrogen) atoms. The van der Waals surface area contributed by atoms with Crippen LogP contribution in [-0.2, 0) is 4.74 Å². The minimum atomic E-state index is -0.500. The number of anilines is 2. The molecule has 5 heteroatoms. The van der Waals surface area contributed by atoms with E-state index in [1.807, 2.05) is 0 Å². The topological polar surface area (TPSA) is 81.4 Å². The zero-order chi connectivity index (χ0) is 15.4. The number of nitrogens with one attached hydrogen (secondary N) is 1. The summed E-state index contributed by atoms with van der Waals surface area (Å²) in [4.78, 5) is 24.0. The van der Waals surface area contributed by atoms with Crippen LogP contribution in [0.5, 0.6) is 0 Å². The Hall–Kier alpha value is -2.82. The van der Waals surface area contributed by atoms with Crippen LogP contribution in [0.3, 0.4) is 0 Å². The summed E-state index contributed by atoms with van der Waals surface area (Å²) >= 11 is 0. The van der Waals surface area contributed by atoms with Crippen molar-refractivity contribution < 1.29 is 14.3 Å². The highest BCUT2D eigenvalue weighted by Crippen LogP contribution is 2.19. The Morgan fingerprint density at radius 3 is 2.48 bits per heavy atom. The molecule has 0 spiro atoms. The third-order valence-electron chi connectivity index (χ3n) is 3.08. The number of aryl methyl sites for hydroxylation is 1. The Morgan fingerprint density at radius 1 is 1.10 bits per heavy atom. The van der Waals surface area contributed by atoms with E-state index in [2.05, 4.69) is 5.32 Å². The van der Waals surface area contributed by atoms with Crippen molar-refractivity contribution in [2.45, 2.75) is 6.92 Å². The number of nitrogens with two attached hydrogens (primary N) is 1. The highest BCUT2D eigenvalue weighted by Gasteiger charge is 2.15. The molecule has 0 aliphatic heterocycles. The number of hydrogen-bond donors (Lipinski definition) is 2. The smallest absolute Gasteiger partial charge is 0.339 e. The number of esters is 1. The third-order valence-corrected chi connectivity index (χ3v) is 3.08. The van der Waals surface area contributed by atoms with Gasteiger partial charge in [-0.3, -0.25) is 4.79 Å². The number of nitrogen functional groups attached to an aromatic ring is 1. The fraction of sp³-hybridized carbons (Fsp3) is 0.125. The van der Waals surface area contributed by atoms with Crippen LogP contribution in [-0.4, -0.2) is 19.0 Å². The van der Waals surface area contributed by atoms with Crippen LogP contribution >= 0.6 is 0 Å². The van der Waals surface area contributed by atoms with Gasteiger partial charge >= 0.3 is 5.97 Å². The Bertz CT molecular complexity index is 696. The van der Waals surface area contributed by atoms with Gasteiger partial charge in [-0.25, -0.2) is 4.79 Å². The van der Waals surface area contributed by atoms with Gasteiger partial charge in [0.05, 0.1) is 18.4 Å². The molecule has 108 valence electrons. The molecule has 2 rings (SSSR count). The summed E-state index contributed by atoms with van der Waals surface area (Å²) in [5.41, 5.74) is 8.25. The first-order valence-corrected chi connectivity index (χ1v) is 6.37. The van der Waals surface area contributed by atoms with Gasteiger partial charge in [-0.15, -0.1) is 0 Å². The van der Waals surface area contributed by atoms with Gasteiger partial charge in [0.2, 0.25) is 0 Å². The average Bonchev–Trinajstić information content (AvgIpc) is 2.46. The monoisotopic (exact) mass is 284 g/mol. The molecular formula is C16H16N2O3. The van der Waals surface area contributed by atoms with Crippen LogP contribution in [0, 0.1) is 6.92 Å². The largest absolute Gasteiger partial charge is 0.465 e. The van der Waals surface area contributed by atoms with Crippen LogP contribution in [0.2, 0.25) is 0 Å². The Kier molecular flexibility index (Phi) is 4.23. The number of amides is 1. The molecular weight excluding hydrogens is 268 g/mol. The molecule has 1 amide bonds. The van der Waals surface area contributed by atoms with E-state index in [9.17, 15) is 9.59 Å². The maximum absolute atomic E-state index is 12.3. The number of carbonyl (C=O) groups is 2. The van der Waals surface area contributed by atoms with Crippen molar-refractivity contribution >= 4 is 23.3 Å². The first-order chi connectivity index (χ1) is 10.0. The molecule has 0 heterocycles. The number of carbonyl (C=O) groups excluding carboxylic acids is 2. The Balaban J connectivity index is 2.30. The van der Waals surface area contributed by atoms with Gasteiger partial charge in [0.15, 0.2) is 0 Å². The van der Waals surface area contributed by atoms with Crippen molar-refractivity contribution in [3.8, 4) is 0 Å². The van der Waals surface area contributed by atoms with Gasteiger partial charge in [0.1, 0.15) is 0 Å². The van der Waals surface area contributed by atoms with Crippen LogP contribution < -0.4 is 11.1 Å². The summed E-state index contributed by atoms with van der Waals surface area (Å²) in [6.07, 6.45) is 0. The first-order valence-electron chi connectivity index (χ1n) is 6.37. The lowest BCUT2D eigenvalue weighted by Gasteiger charge is -2.11. The van der Waals surface area contributed by atoms with E-state index in [0.717, 1.165) is 5.56 Å². The maximum atomic E-state index is 12.3. The van der Waals surface area contributed by atoms with Crippen LogP contribution in [0.15, 0.2) is 42.5 Å². The molecule has 0 saturated carbocycles. The van der Waals surface area contributed by atoms with Gasteiger partial charge in [0.25, 0.3) is 5.91 Å². The number of ether oxygens (including phenoxy) is 1. The van der Waals surface area contributed by atoms with Crippen LogP contribution in [0.25, 0.3) is 0 Å². The Morgan fingerprint density at radius 2 is 1.81 bits per heavy atom. The molecule has 0 saturated heterocycles. The second-order valence-electron chi connectivity index (χ2n) is 4.57. The number of para-hydroxylation sites is 1. The second kappa shape index (κ2) is 6.09. The van der Waals surface area contributed by atoms with Gasteiger partial charge < -0.3 is 15.8 Å². The summed E-state index contributed by atoms with van der Waals surface area (Å²) in [6, 6.07) is 11.7. The van der Waals surface area contributed by atoms with Gasteiger partial charge in [-0.2, -0.15) is 0 Å². The van der Waals surface area contributed by atoms with Crippen LogP contribution in [0.4, 0.5) is 11.4 Å². The molecule has 5 nitrogen and oxygen atoms in total. The normalized spacial score (nSPS) is 10.0. The summed E-state index contributed by atoms with van der Waals surface area (Å²) in [5, 5.41) is 2.72. The van der Waals surface area contributed by atoms with Crippen LogP contribution in [0.1, 0.15) is 26.3 Å². The van der Waals surface area contributed by atoms with E-state index < -0.39 is 5.97 Å². The lowest BCUT2D eigenvalue weighted by molar-refractivity contribution is 0.0602. The predicted octanol–water partition coefficient (Wildman–Crippen LogP) is 2.62. The maximum Gasteiger partial charge on any atom is 0.339 e. The zero-order valence-electron chi connectivity index (χ0n) is 11.8. The van der Waals surface area contributed by atoms with Crippen molar-refractivity contribution in [1.82, 2.24) is 0 Å². The summed E-state index contributed by atoms with van der Waals surface area (Å²) in [5.74, 6) is -0.802. The molecule has 3 N–H and O–H groups in total. The molecule has 2 aromatic carbocycles. The van der Waals surface area contributed by atoms with E-state index in [1.54, 1.807) is 49.4 Å². The summed E-state index contributed by atoms with van der Waals surface area (Å²) in [7, 11) is 1.30. The molecule has 0 fully saturated rings. The molecule has 2 aromatic rings. The fourth-order valence-electron chi connectivity index (χ4n) is 2.01. The highest BCUT2D eigenvalue weighted by atomic mass is 16.5. The van der Waals surface area contributed by atoms with Crippen molar-refractivity contribution in [1.29, 1.82) is 0 Å². The number of methoxy groups -OCH3 is 1. The summed E-state index contributed by atoms with van der Waals surface area (Å²) < 4.78 is 4.70. The summed E-state index contributed by atoms with van der Waals surface area (Å²) in [6.45, 7) is 1.80. The lowest BCUT2D eigenvalue weighted by Crippen LogP contribution is -2.16. The molecule has 0 unspecified atom stereocenters. The minimum Gasteiger partial charge on any atom is -0.465 e. The standard InChI is InChI=1S/C16H16N2O3/c1-10-9-11(17)7-8-12(10)15(19)18-14-6-4-3-5-13(14)16(20)21-2/h3-9H,17H2,1-2H3,(H,18,19). The van der Waals surface area contributed by atoms with E-state index in [4.69, 9.17) is 10.5 Å². The van der Waals surface area contributed by atoms with E-state index in [1.165, 1.54) is 7.11 Å². The van der Waals surface area contributed by atoms with E-state index in [0.29, 0.717) is 22.5 Å². The van der Waals surface area contributed by atoms with E-state index >= 15 is 0 Å². The molecule has 0 aliphatic rings. The lowest BCUT2D eigenvalue weighted by atomic mass is 10.1. The molecule has 0 bridgehead atoms. The number of hydrogen-bond acceptors (Lipinski definition) is 4. The fourth-order valence-corrected chi connectivity index (χ4v) is 2.01. The van der Waals surface area contributed by atoms with Gasteiger partial charge in [-0.05, 0) is 42.8 Å². The quantitative estimate of drug-likeness (QED) is 0.670. The van der Waals surface area contributed by atoms with Crippen molar-refractivity contribution in [2.75, 3.05) is 18.2 Å². The zero-order valence-corrected chi connectivity index (χ0v) is 11.8. The second-order valence-corrected chi connectivity index (χ2v) is 4.57. The average molecular weight is 284 g/mol. The number of benzene rings is 2. The SMILES string of the molecule is COC(=O)c1ccccc1NC(=O)c1ccc(N)cc1C. The minimum absolute atomic E-state index is 0.302. The van der Waals surface area contributed by atoms with Crippen molar-refractivity contribution in [3.05, 3.63) is 59.2 Å². The van der Waals surface area contributed by atoms with Gasteiger partial charge in [-0.1, -0.05) is 12.1 Å². The third kappa shape index (κ3) is 3.20. The molecule has 0 aromatic heterocycles.